The van der Waals surface area contributed by atoms with Crippen molar-refractivity contribution in [1.29, 1.82) is 5.26 Å². The van der Waals surface area contributed by atoms with Crippen molar-refractivity contribution in [2.75, 3.05) is 19.0 Å². The molecule has 0 saturated heterocycles. The molecule has 5 heteroatoms. The smallest absolute Gasteiger partial charge is 0.151 e. The van der Waals surface area contributed by atoms with Gasteiger partial charge in [-0.15, -0.1) is 0 Å². The minimum atomic E-state index is 0.155. The van der Waals surface area contributed by atoms with Gasteiger partial charge >= 0.3 is 0 Å². The predicted octanol–water partition coefficient (Wildman–Crippen LogP) is 2.03. The summed E-state index contributed by atoms with van der Waals surface area (Å²) < 4.78 is 0. The molecule has 0 aliphatic heterocycles. The van der Waals surface area contributed by atoms with Gasteiger partial charge in [0.05, 0.1) is 5.70 Å². The van der Waals surface area contributed by atoms with Gasteiger partial charge in [0.1, 0.15) is 6.07 Å². The molecule has 0 saturated carbocycles. The van der Waals surface area contributed by atoms with E-state index in [4.69, 9.17) is 16.8 Å². The van der Waals surface area contributed by atoms with Crippen LogP contribution in [0.3, 0.4) is 0 Å². The quantitative estimate of drug-likeness (QED) is 0.456. The molecule has 2 aromatic carbocycles. The maximum atomic E-state index is 8.94. The van der Waals surface area contributed by atoms with Crippen molar-refractivity contribution in [1.82, 2.24) is 5.43 Å². The molecule has 0 fully saturated rings. The lowest BCUT2D eigenvalue weighted by Crippen LogP contribution is -2.23. The third-order valence-corrected chi connectivity index (χ3v) is 3.42. The van der Waals surface area contributed by atoms with Crippen LogP contribution in [0.15, 0.2) is 54.2 Å². The van der Waals surface area contributed by atoms with Crippen LogP contribution in [0, 0.1) is 11.3 Å². The normalized spacial score (nSPS) is 11.4. The zero-order valence-electron chi connectivity index (χ0n) is 12.7. The Labute approximate surface area is 130 Å². The van der Waals surface area contributed by atoms with Gasteiger partial charge in [-0.3, -0.25) is 0 Å². The third kappa shape index (κ3) is 3.19. The number of nitrogens with zero attached hydrogens (tertiary/aromatic N) is 2. The van der Waals surface area contributed by atoms with Crippen molar-refractivity contribution in [3.63, 3.8) is 0 Å². The Kier molecular flexibility index (Phi) is 4.66. The Morgan fingerprint density at radius 1 is 1.09 bits per heavy atom. The van der Waals surface area contributed by atoms with Crippen LogP contribution in [0.5, 0.6) is 0 Å². The van der Waals surface area contributed by atoms with Gasteiger partial charge in [-0.05, 0) is 23.3 Å². The van der Waals surface area contributed by atoms with E-state index in [-0.39, 0.29) is 5.70 Å². The first-order valence-electron chi connectivity index (χ1n) is 6.81. The van der Waals surface area contributed by atoms with Gasteiger partial charge in [0.15, 0.2) is 5.70 Å². The average Bonchev–Trinajstić information content (AvgIpc) is 2.56. The predicted molar refractivity (Wildman–Crippen MR) is 90.2 cm³/mol. The van der Waals surface area contributed by atoms with E-state index >= 15 is 0 Å². The van der Waals surface area contributed by atoms with Crippen LogP contribution >= 0.6 is 0 Å². The van der Waals surface area contributed by atoms with Gasteiger partial charge in [-0.25, -0.2) is 5.84 Å². The summed E-state index contributed by atoms with van der Waals surface area (Å²) in [5, 5.41) is 8.94. The second-order valence-electron chi connectivity index (χ2n) is 5.07. The molecule has 22 heavy (non-hydrogen) atoms. The fraction of sp³-hybridized carbons (Fsp3) is 0.118. The minimum absolute atomic E-state index is 0.155. The minimum Gasteiger partial charge on any atom is -0.396 e. The average molecular weight is 293 g/mol. The lowest BCUT2D eigenvalue weighted by molar-refractivity contribution is 0.920. The summed E-state index contributed by atoms with van der Waals surface area (Å²) in [6.07, 6.45) is 0. The van der Waals surface area contributed by atoms with Crippen molar-refractivity contribution in [2.24, 2.45) is 11.6 Å². The highest BCUT2D eigenvalue weighted by molar-refractivity contribution is 5.73. The molecule has 0 amide bonds. The molecule has 0 aliphatic rings. The van der Waals surface area contributed by atoms with Crippen LogP contribution in [0.1, 0.15) is 5.56 Å². The molecule has 0 radical (unpaired) electrons. The van der Waals surface area contributed by atoms with Crippen molar-refractivity contribution in [3.8, 4) is 17.2 Å². The lowest BCUT2D eigenvalue weighted by atomic mass is 10.0. The summed E-state index contributed by atoms with van der Waals surface area (Å²) in [5.74, 6) is 5.27. The molecule has 2 aromatic rings. The molecule has 112 valence electrons. The highest BCUT2D eigenvalue weighted by Crippen LogP contribution is 2.25. The second kappa shape index (κ2) is 6.66. The van der Waals surface area contributed by atoms with Gasteiger partial charge < -0.3 is 16.1 Å². The molecular weight excluding hydrogens is 274 g/mol. The molecule has 5 N–H and O–H groups in total. The Balaban J connectivity index is 2.36. The monoisotopic (exact) mass is 293 g/mol. The van der Waals surface area contributed by atoms with Crippen LogP contribution in [0.2, 0.25) is 0 Å². The van der Waals surface area contributed by atoms with Crippen molar-refractivity contribution in [3.05, 3.63) is 59.8 Å². The summed E-state index contributed by atoms with van der Waals surface area (Å²) >= 11 is 0. The largest absolute Gasteiger partial charge is 0.396 e. The van der Waals surface area contributed by atoms with Gasteiger partial charge in [0, 0.05) is 25.3 Å². The summed E-state index contributed by atoms with van der Waals surface area (Å²) in [6, 6.07) is 17.9. The SMILES string of the molecule is CN(C)c1cccc(-c2ccc(/C(N)=C(\C#N)NN)cc2)c1. The first-order valence-corrected chi connectivity index (χ1v) is 6.81. The molecule has 0 unspecified atom stereocenters. The zero-order chi connectivity index (χ0) is 16.1. The number of nitrogens with two attached hydrogens (primary N) is 2. The van der Waals surface area contributed by atoms with Gasteiger partial charge in [-0.2, -0.15) is 5.26 Å². The summed E-state index contributed by atoms with van der Waals surface area (Å²) in [7, 11) is 4.02. The Bertz CT molecular complexity index is 723. The van der Waals surface area contributed by atoms with Gasteiger partial charge in [-0.1, -0.05) is 36.4 Å². The second-order valence-corrected chi connectivity index (χ2v) is 5.07. The third-order valence-electron chi connectivity index (χ3n) is 3.42. The van der Waals surface area contributed by atoms with E-state index < -0.39 is 0 Å². The van der Waals surface area contributed by atoms with E-state index in [1.54, 1.807) is 0 Å². The summed E-state index contributed by atoms with van der Waals surface area (Å²) in [4.78, 5) is 2.06. The molecule has 0 aliphatic carbocycles. The molecule has 2 rings (SSSR count). The molecular formula is C17H19N5. The van der Waals surface area contributed by atoms with Crippen LogP contribution in [0.25, 0.3) is 16.8 Å². The highest BCUT2D eigenvalue weighted by atomic mass is 15.2. The first kappa shape index (κ1) is 15.4. The molecule has 0 spiro atoms. The summed E-state index contributed by atoms with van der Waals surface area (Å²) in [6.45, 7) is 0. The molecule has 0 atom stereocenters. The standard InChI is InChI=1S/C17H19N5/c1-22(2)15-5-3-4-14(10-15)12-6-8-13(9-7-12)17(19)16(11-18)21-20/h3-10,21H,19-20H2,1-2H3/b17-16-. The molecule has 5 nitrogen and oxygen atoms in total. The first-order chi connectivity index (χ1) is 10.6. The van der Waals surface area contributed by atoms with Gasteiger partial charge in [0.25, 0.3) is 0 Å². The molecule has 0 heterocycles. The molecule has 0 bridgehead atoms. The Morgan fingerprint density at radius 3 is 2.32 bits per heavy atom. The number of anilines is 1. The number of benzene rings is 2. The number of hydrogen-bond donors (Lipinski definition) is 3. The number of allylic oxidation sites excluding steroid dienone is 1. The van der Waals surface area contributed by atoms with Crippen LogP contribution < -0.4 is 21.9 Å². The number of nitrogens with one attached hydrogen (secondary N) is 1. The van der Waals surface area contributed by atoms with E-state index in [1.807, 2.05) is 50.5 Å². The Hall–Kier alpha value is -2.97. The van der Waals surface area contributed by atoms with Crippen molar-refractivity contribution in [2.45, 2.75) is 0 Å². The zero-order valence-corrected chi connectivity index (χ0v) is 12.7. The summed E-state index contributed by atoms with van der Waals surface area (Å²) in [5.41, 5.74) is 12.8. The van der Waals surface area contributed by atoms with Gasteiger partial charge in [0.2, 0.25) is 0 Å². The number of hydrogen-bond acceptors (Lipinski definition) is 5. The highest BCUT2D eigenvalue weighted by Gasteiger charge is 2.06. The number of nitriles is 1. The van der Waals surface area contributed by atoms with Crippen molar-refractivity contribution >= 4 is 11.4 Å². The number of rotatable bonds is 4. The van der Waals surface area contributed by atoms with E-state index in [0.29, 0.717) is 5.70 Å². The van der Waals surface area contributed by atoms with Crippen LogP contribution in [-0.4, -0.2) is 14.1 Å². The topological polar surface area (TPSA) is 91.1 Å². The van der Waals surface area contributed by atoms with E-state index in [0.717, 1.165) is 22.4 Å². The van der Waals surface area contributed by atoms with Crippen LogP contribution in [0.4, 0.5) is 5.69 Å². The maximum Gasteiger partial charge on any atom is 0.151 e. The Morgan fingerprint density at radius 2 is 1.77 bits per heavy atom. The number of hydrazine groups is 1. The van der Waals surface area contributed by atoms with Crippen molar-refractivity contribution < 1.29 is 0 Å². The molecule has 0 aromatic heterocycles. The van der Waals surface area contributed by atoms with Crippen LogP contribution in [-0.2, 0) is 0 Å². The van der Waals surface area contributed by atoms with E-state index in [9.17, 15) is 0 Å². The fourth-order valence-electron chi connectivity index (χ4n) is 2.12. The fourth-order valence-corrected chi connectivity index (χ4v) is 2.12. The lowest BCUT2D eigenvalue weighted by Gasteiger charge is -2.14. The van der Waals surface area contributed by atoms with E-state index in [2.05, 4.69) is 28.5 Å². The van der Waals surface area contributed by atoms with E-state index in [1.165, 1.54) is 0 Å². The maximum absolute atomic E-state index is 8.94.